The zero-order chi connectivity index (χ0) is 15.1. The van der Waals surface area contributed by atoms with Gasteiger partial charge in [0.2, 0.25) is 0 Å². The lowest BCUT2D eigenvalue weighted by Gasteiger charge is -2.30. The first-order chi connectivity index (χ1) is 9.14. The van der Waals surface area contributed by atoms with Crippen LogP contribution in [0.25, 0.3) is 0 Å². The molecule has 1 heterocycles. The van der Waals surface area contributed by atoms with Crippen molar-refractivity contribution in [3.63, 3.8) is 0 Å². The molecule has 0 spiro atoms. The second kappa shape index (κ2) is 5.50. The lowest BCUT2D eigenvalue weighted by molar-refractivity contribution is 0.171. The summed E-state index contributed by atoms with van der Waals surface area (Å²) in [5.74, 6) is 1.31. The van der Waals surface area contributed by atoms with Crippen molar-refractivity contribution in [2.24, 2.45) is 0 Å². The third-order valence-electron chi connectivity index (χ3n) is 3.50. The van der Waals surface area contributed by atoms with Crippen LogP contribution in [0.15, 0.2) is 16.6 Å². The lowest BCUT2D eigenvalue weighted by Crippen LogP contribution is -2.35. The highest BCUT2D eigenvalue weighted by molar-refractivity contribution is 9.11. The first-order valence-electron chi connectivity index (χ1n) is 6.07. The Kier molecular flexibility index (Phi) is 4.43. The van der Waals surface area contributed by atoms with Gasteiger partial charge in [-0.15, -0.1) is 0 Å². The van der Waals surface area contributed by atoms with E-state index in [-0.39, 0.29) is 4.83 Å². The van der Waals surface area contributed by atoms with E-state index in [4.69, 9.17) is 9.47 Å². The van der Waals surface area contributed by atoms with Gasteiger partial charge in [-0.25, -0.2) is 8.42 Å². The van der Waals surface area contributed by atoms with Gasteiger partial charge in [0.05, 0.1) is 9.57 Å². The maximum absolute atomic E-state index is 12.0. The Morgan fingerprint density at radius 3 is 2.20 bits per heavy atom. The topological polar surface area (TPSA) is 52.6 Å². The van der Waals surface area contributed by atoms with Gasteiger partial charge in [-0.2, -0.15) is 0 Å². The summed E-state index contributed by atoms with van der Waals surface area (Å²) in [4.78, 5) is -0.366. The van der Waals surface area contributed by atoms with Crippen molar-refractivity contribution in [1.29, 1.82) is 0 Å². The summed E-state index contributed by atoms with van der Waals surface area (Å²) in [7, 11) is -3.23. The molecule has 0 saturated carbocycles. The van der Waals surface area contributed by atoms with Crippen molar-refractivity contribution < 1.29 is 17.9 Å². The Bertz CT molecular complexity index is 626. The molecule has 0 bridgehead atoms. The number of fused-ring (bicyclic) bond motifs is 1. The molecular formula is C13H16Br2O4S. The number of hydrogen-bond acceptors (Lipinski definition) is 4. The molecule has 0 radical (unpaired) electrons. The third kappa shape index (κ3) is 2.85. The summed E-state index contributed by atoms with van der Waals surface area (Å²) in [6, 6.07) is 3.64. The Hall–Kier alpha value is -0.270. The molecule has 2 rings (SSSR count). The molecule has 4 nitrogen and oxygen atoms in total. The molecule has 0 saturated heterocycles. The predicted octanol–water partition coefficient (Wildman–Crippen LogP) is 3.48. The van der Waals surface area contributed by atoms with E-state index in [2.05, 4.69) is 31.9 Å². The fourth-order valence-corrected chi connectivity index (χ4v) is 4.60. The van der Waals surface area contributed by atoms with Crippen molar-refractivity contribution >= 4 is 41.7 Å². The van der Waals surface area contributed by atoms with E-state index in [0.717, 1.165) is 10.0 Å². The van der Waals surface area contributed by atoms with Crippen LogP contribution in [0.4, 0.5) is 0 Å². The highest BCUT2D eigenvalue weighted by atomic mass is 79.9. The molecular weight excluding hydrogens is 412 g/mol. The maximum atomic E-state index is 12.0. The van der Waals surface area contributed by atoms with Gasteiger partial charge in [-0.1, -0.05) is 31.9 Å². The van der Waals surface area contributed by atoms with Gasteiger partial charge >= 0.3 is 0 Å². The van der Waals surface area contributed by atoms with Gasteiger partial charge in [-0.05, 0) is 31.5 Å². The summed E-state index contributed by atoms with van der Waals surface area (Å²) >= 11 is 6.99. The smallest absolute Gasteiger partial charge is 0.162 e. The molecule has 0 aliphatic carbocycles. The van der Waals surface area contributed by atoms with Crippen LogP contribution in [0.1, 0.15) is 24.2 Å². The average molecular weight is 428 g/mol. The molecule has 20 heavy (non-hydrogen) atoms. The van der Waals surface area contributed by atoms with Crippen molar-refractivity contribution in [2.75, 3.05) is 19.5 Å². The summed E-state index contributed by atoms with van der Waals surface area (Å²) in [6.07, 6.45) is 1.24. The first kappa shape index (κ1) is 16.1. The largest absolute Gasteiger partial charge is 0.486 e. The fourth-order valence-electron chi connectivity index (χ4n) is 1.84. The van der Waals surface area contributed by atoms with E-state index in [1.165, 1.54) is 6.26 Å². The quantitative estimate of drug-likeness (QED) is 0.693. The molecule has 1 aromatic carbocycles. The lowest BCUT2D eigenvalue weighted by atomic mass is 10.0. The van der Waals surface area contributed by atoms with Crippen LogP contribution in [0.2, 0.25) is 0 Å². The Morgan fingerprint density at radius 2 is 1.70 bits per heavy atom. The van der Waals surface area contributed by atoms with Crippen LogP contribution < -0.4 is 9.47 Å². The van der Waals surface area contributed by atoms with Crippen molar-refractivity contribution in [3.8, 4) is 11.5 Å². The molecule has 0 amide bonds. The normalized spacial score (nSPS) is 16.9. The molecule has 1 atom stereocenters. The second-order valence-corrected chi connectivity index (χ2v) is 9.62. The van der Waals surface area contributed by atoms with Crippen molar-refractivity contribution in [1.82, 2.24) is 0 Å². The van der Waals surface area contributed by atoms with Crippen LogP contribution >= 0.6 is 31.9 Å². The van der Waals surface area contributed by atoms with Gasteiger partial charge in [-0.3, -0.25) is 0 Å². The van der Waals surface area contributed by atoms with E-state index in [1.54, 1.807) is 13.8 Å². The minimum Gasteiger partial charge on any atom is -0.486 e. The SMILES string of the molecule is CC(C)(C(Br)c1cc2c(cc1Br)OCCO2)S(C)(=O)=O. The molecule has 0 N–H and O–H groups in total. The Balaban J connectivity index is 2.48. The van der Waals surface area contributed by atoms with E-state index >= 15 is 0 Å². The first-order valence-corrected chi connectivity index (χ1v) is 9.67. The molecule has 1 unspecified atom stereocenters. The van der Waals surface area contributed by atoms with Gasteiger partial charge in [0, 0.05) is 10.7 Å². The van der Waals surface area contributed by atoms with Crippen LogP contribution in [0, 0.1) is 0 Å². The molecule has 0 aromatic heterocycles. The minimum absolute atomic E-state index is 0.366. The fraction of sp³-hybridized carbons (Fsp3) is 0.538. The van der Waals surface area contributed by atoms with Crippen molar-refractivity contribution in [2.45, 2.75) is 23.4 Å². The molecule has 1 aromatic rings. The number of halogens is 2. The van der Waals surface area contributed by atoms with Gasteiger partial charge < -0.3 is 9.47 Å². The maximum Gasteiger partial charge on any atom is 0.162 e. The predicted molar refractivity (Wildman–Crippen MR) is 85.7 cm³/mol. The highest BCUT2D eigenvalue weighted by Crippen LogP contribution is 2.46. The summed E-state index contributed by atoms with van der Waals surface area (Å²) in [6.45, 7) is 4.41. The molecule has 0 fully saturated rings. The van der Waals surface area contributed by atoms with Crippen LogP contribution in [-0.2, 0) is 9.84 Å². The highest BCUT2D eigenvalue weighted by Gasteiger charge is 2.39. The third-order valence-corrected chi connectivity index (χ3v) is 8.28. The average Bonchev–Trinajstić information content (AvgIpc) is 2.35. The van der Waals surface area contributed by atoms with E-state index in [9.17, 15) is 8.42 Å². The summed E-state index contributed by atoms with van der Waals surface area (Å²) in [5, 5.41) is 0. The van der Waals surface area contributed by atoms with Gasteiger partial charge in [0.15, 0.2) is 21.3 Å². The molecule has 1 aliphatic rings. The van der Waals surface area contributed by atoms with E-state index < -0.39 is 14.6 Å². The van der Waals surface area contributed by atoms with Crippen LogP contribution in [0.3, 0.4) is 0 Å². The number of ether oxygens (including phenoxy) is 2. The number of rotatable bonds is 3. The number of benzene rings is 1. The number of hydrogen-bond donors (Lipinski definition) is 0. The number of alkyl halides is 1. The van der Waals surface area contributed by atoms with Gasteiger partial charge in [0.25, 0.3) is 0 Å². The standard InChI is InChI=1S/C13H16Br2O4S/c1-13(2,20(3,16)17)12(15)8-6-10-11(7-9(8)14)19-5-4-18-10/h6-7,12H,4-5H2,1-3H3. The molecule has 7 heteroatoms. The van der Waals surface area contributed by atoms with Crippen LogP contribution in [-0.4, -0.2) is 32.6 Å². The zero-order valence-electron chi connectivity index (χ0n) is 11.4. The summed E-state index contributed by atoms with van der Waals surface area (Å²) in [5.41, 5.74) is 0.824. The Labute approximate surface area is 136 Å². The minimum atomic E-state index is -3.23. The molecule has 1 aliphatic heterocycles. The molecule has 112 valence electrons. The van der Waals surface area contributed by atoms with Crippen LogP contribution in [0.5, 0.6) is 11.5 Å². The van der Waals surface area contributed by atoms with Gasteiger partial charge in [0.1, 0.15) is 13.2 Å². The van der Waals surface area contributed by atoms with Crippen molar-refractivity contribution in [3.05, 3.63) is 22.2 Å². The number of sulfone groups is 1. The van der Waals surface area contributed by atoms with E-state index in [1.807, 2.05) is 12.1 Å². The summed E-state index contributed by atoms with van der Waals surface area (Å²) < 4.78 is 34.8. The monoisotopic (exact) mass is 426 g/mol. The zero-order valence-corrected chi connectivity index (χ0v) is 15.4. The second-order valence-electron chi connectivity index (χ2n) is 5.26. The van der Waals surface area contributed by atoms with E-state index in [0.29, 0.717) is 24.7 Å². The Morgan fingerprint density at radius 1 is 1.20 bits per heavy atom.